The number of ether oxygens (including phenoxy) is 1. The second-order valence-corrected chi connectivity index (χ2v) is 7.34. The van der Waals surface area contributed by atoms with Crippen molar-refractivity contribution in [2.45, 2.75) is 51.6 Å². The van der Waals surface area contributed by atoms with Gasteiger partial charge in [0.25, 0.3) is 0 Å². The molecule has 25 heavy (non-hydrogen) atoms. The minimum Gasteiger partial charge on any atom is -0.444 e. The highest BCUT2D eigenvalue weighted by Gasteiger charge is 2.48. The minimum atomic E-state index is -4.38. The van der Waals surface area contributed by atoms with Gasteiger partial charge in [-0.05, 0) is 32.8 Å². The normalized spacial score (nSPS) is 21.9. The number of carbonyl (C=O) groups excluding carboxylic acids is 1. The molecule has 7 heteroatoms. The molecule has 0 radical (unpaired) electrons. The first-order valence-electron chi connectivity index (χ1n) is 8.38. The van der Waals surface area contributed by atoms with Crippen LogP contribution >= 0.6 is 0 Å². The van der Waals surface area contributed by atoms with Crippen molar-refractivity contribution in [1.82, 2.24) is 10.2 Å². The van der Waals surface area contributed by atoms with E-state index in [4.69, 9.17) is 4.74 Å². The third kappa shape index (κ3) is 5.92. The van der Waals surface area contributed by atoms with Crippen LogP contribution in [0.5, 0.6) is 0 Å². The van der Waals surface area contributed by atoms with Crippen LogP contribution in [0.2, 0.25) is 0 Å². The lowest BCUT2D eigenvalue weighted by atomic mass is 9.91. The number of rotatable bonds is 3. The average Bonchev–Trinajstić information content (AvgIpc) is 2.51. The van der Waals surface area contributed by atoms with E-state index in [0.717, 1.165) is 10.5 Å². The van der Waals surface area contributed by atoms with Gasteiger partial charge in [0.2, 0.25) is 0 Å². The molecule has 1 amide bonds. The topological polar surface area (TPSA) is 41.6 Å². The fourth-order valence-electron chi connectivity index (χ4n) is 2.87. The maximum atomic E-state index is 13.5. The van der Waals surface area contributed by atoms with Crippen molar-refractivity contribution >= 4 is 6.09 Å². The lowest BCUT2D eigenvalue weighted by Gasteiger charge is -2.40. The summed E-state index contributed by atoms with van der Waals surface area (Å²) in [6, 6.07) is 8.57. The third-order valence-corrected chi connectivity index (χ3v) is 4.10. The van der Waals surface area contributed by atoms with Crippen LogP contribution in [0.25, 0.3) is 0 Å². The highest BCUT2D eigenvalue weighted by Crippen LogP contribution is 2.34. The predicted molar refractivity (Wildman–Crippen MR) is 89.0 cm³/mol. The Kier molecular flexibility index (Phi) is 5.98. The molecule has 140 valence electrons. The molecule has 0 saturated carbocycles. The Balaban J connectivity index is 2.01. The zero-order chi connectivity index (χ0) is 18.7. The van der Waals surface area contributed by atoms with E-state index in [0.29, 0.717) is 6.54 Å². The van der Waals surface area contributed by atoms with Crippen molar-refractivity contribution < 1.29 is 22.7 Å². The molecule has 1 fully saturated rings. The molecule has 2 rings (SSSR count). The molecule has 2 atom stereocenters. The van der Waals surface area contributed by atoms with E-state index in [1.807, 2.05) is 30.3 Å². The molecule has 0 spiro atoms. The first kappa shape index (κ1) is 19.6. The predicted octanol–water partition coefficient (Wildman–Crippen LogP) is 3.96. The highest BCUT2D eigenvalue weighted by atomic mass is 19.4. The Bertz CT molecular complexity index is 570. The summed E-state index contributed by atoms with van der Waals surface area (Å²) < 4.78 is 45.6. The number of alkyl halides is 3. The number of piperidine rings is 1. The number of hydrogen-bond acceptors (Lipinski definition) is 3. The molecule has 1 saturated heterocycles. The molecule has 4 nitrogen and oxygen atoms in total. The van der Waals surface area contributed by atoms with E-state index in [1.165, 1.54) is 0 Å². The molecule has 1 heterocycles. The minimum absolute atomic E-state index is 0.232. The van der Waals surface area contributed by atoms with Crippen LogP contribution in [0.1, 0.15) is 32.8 Å². The number of amides is 1. The first-order chi connectivity index (χ1) is 11.6. The maximum Gasteiger partial charge on any atom is 0.410 e. The van der Waals surface area contributed by atoms with E-state index in [1.54, 1.807) is 20.8 Å². The van der Waals surface area contributed by atoms with E-state index in [-0.39, 0.29) is 19.5 Å². The van der Waals surface area contributed by atoms with Crippen LogP contribution in [-0.2, 0) is 11.3 Å². The quantitative estimate of drug-likeness (QED) is 0.889. The fraction of sp³-hybridized carbons (Fsp3) is 0.611. The summed E-state index contributed by atoms with van der Waals surface area (Å²) in [5, 5.41) is 3.00. The number of nitrogens with zero attached hydrogens (tertiary/aromatic N) is 1. The third-order valence-electron chi connectivity index (χ3n) is 4.10. The number of hydrogen-bond donors (Lipinski definition) is 1. The molecular formula is C18H25F3N2O2. The van der Waals surface area contributed by atoms with Gasteiger partial charge < -0.3 is 15.0 Å². The largest absolute Gasteiger partial charge is 0.444 e. The lowest BCUT2D eigenvalue weighted by Crippen LogP contribution is -2.56. The van der Waals surface area contributed by atoms with Crippen molar-refractivity contribution in [2.75, 3.05) is 13.1 Å². The molecule has 0 bridgehead atoms. The van der Waals surface area contributed by atoms with Crippen molar-refractivity contribution in [3.8, 4) is 0 Å². The van der Waals surface area contributed by atoms with Crippen LogP contribution in [0, 0.1) is 5.92 Å². The van der Waals surface area contributed by atoms with Crippen molar-refractivity contribution in [3.05, 3.63) is 35.9 Å². The second kappa shape index (κ2) is 7.64. The number of nitrogens with one attached hydrogen (secondary N) is 1. The van der Waals surface area contributed by atoms with Gasteiger partial charge in [0.1, 0.15) is 5.60 Å². The van der Waals surface area contributed by atoms with Gasteiger partial charge in [0, 0.05) is 25.7 Å². The molecule has 1 aliphatic rings. The fourth-order valence-corrected chi connectivity index (χ4v) is 2.87. The smallest absolute Gasteiger partial charge is 0.410 e. The molecule has 0 aliphatic carbocycles. The average molecular weight is 358 g/mol. The molecule has 1 aromatic rings. The Labute approximate surface area is 146 Å². The molecule has 2 unspecified atom stereocenters. The van der Waals surface area contributed by atoms with Crippen LogP contribution < -0.4 is 5.32 Å². The van der Waals surface area contributed by atoms with Gasteiger partial charge in [-0.1, -0.05) is 30.3 Å². The Hall–Kier alpha value is -1.76. The van der Waals surface area contributed by atoms with Gasteiger partial charge in [0.05, 0.1) is 5.92 Å². The summed E-state index contributed by atoms with van der Waals surface area (Å²) in [5.41, 5.74) is 0.200. The molecular weight excluding hydrogens is 333 g/mol. The second-order valence-electron chi connectivity index (χ2n) is 7.34. The summed E-state index contributed by atoms with van der Waals surface area (Å²) in [6.07, 6.45) is -4.84. The van der Waals surface area contributed by atoms with Gasteiger partial charge >= 0.3 is 12.3 Å². The Morgan fingerprint density at radius 2 is 1.88 bits per heavy atom. The van der Waals surface area contributed by atoms with Gasteiger partial charge in [-0.2, -0.15) is 13.2 Å². The Morgan fingerprint density at radius 3 is 2.44 bits per heavy atom. The standard InChI is InChI=1S/C18H25F3N2O2/c1-17(2,3)25-16(24)23-10-9-15(14(12-23)18(19,20)21)22-11-13-7-5-4-6-8-13/h4-8,14-15,22H,9-12H2,1-3H3. The Morgan fingerprint density at radius 1 is 1.24 bits per heavy atom. The molecule has 1 aromatic carbocycles. The summed E-state index contributed by atoms with van der Waals surface area (Å²) in [7, 11) is 0. The van der Waals surface area contributed by atoms with Gasteiger partial charge in [0.15, 0.2) is 0 Å². The monoisotopic (exact) mass is 358 g/mol. The summed E-state index contributed by atoms with van der Waals surface area (Å²) in [4.78, 5) is 13.2. The summed E-state index contributed by atoms with van der Waals surface area (Å²) in [5.74, 6) is -1.61. The van der Waals surface area contributed by atoms with Crippen molar-refractivity contribution in [3.63, 3.8) is 0 Å². The van der Waals surface area contributed by atoms with E-state index in [2.05, 4.69) is 5.32 Å². The van der Waals surface area contributed by atoms with Gasteiger partial charge in [-0.15, -0.1) is 0 Å². The summed E-state index contributed by atoms with van der Waals surface area (Å²) in [6.45, 7) is 5.31. The molecule has 1 N–H and O–H groups in total. The molecule has 0 aromatic heterocycles. The van der Waals surface area contributed by atoms with Crippen LogP contribution in [-0.4, -0.2) is 41.9 Å². The lowest BCUT2D eigenvalue weighted by molar-refractivity contribution is -0.192. The number of halogens is 3. The highest BCUT2D eigenvalue weighted by molar-refractivity contribution is 5.68. The zero-order valence-electron chi connectivity index (χ0n) is 14.8. The number of carbonyl (C=O) groups is 1. The van der Waals surface area contributed by atoms with Crippen LogP contribution in [0.4, 0.5) is 18.0 Å². The number of benzene rings is 1. The maximum absolute atomic E-state index is 13.5. The van der Waals surface area contributed by atoms with E-state index < -0.39 is 29.8 Å². The molecule has 1 aliphatic heterocycles. The van der Waals surface area contributed by atoms with E-state index >= 15 is 0 Å². The first-order valence-corrected chi connectivity index (χ1v) is 8.38. The SMILES string of the molecule is CC(C)(C)OC(=O)N1CCC(NCc2ccccc2)C(C(F)(F)F)C1. The van der Waals surface area contributed by atoms with Gasteiger partial charge in [-0.3, -0.25) is 0 Å². The van der Waals surface area contributed by atoms with Gasteiger partial charge in [-0.25, -0.2) is 4.79 Å². The zero-order valence-corrected chi connectivity index (χ0v) is 14.8. The van der Waals surface area contributed by atoms with Crippen molar-refractivity contribution in [1.29, 1.82) is 0 Å². The summed E-state index contributed by atoms with van der Waals surface area (Å²) >= 11 is 0. The van der Waals surface area contributed by atoms with E-state index in [9.17, 15) is 18.0 Å². The van der Waals surface area contributed by atoms with Crippen LogP contribution in [0.3, 0.4) is 0 Å². The van der Waals surface area contributed by atoms with Crippen molar-refractivity contribution in [2.24, 2.45) is 5.92 Å². The number of likely N-dealkylation sites (tertiary alicyclic amines) is 1. The van der Waals surface area contributed by atoms with Crippen LogP contribution in [0.15, 0.2) is 30.3 Å².